The number of halogens is 2. The van der Waals surface area contributed by atoms with Crippen LogP contribution >= 0.6 is 0 Å². The van der Waals surface area contributed by atoms with E-state index in [1.807, 2.05) is 10.6 Å². The zero-order valence-corrected chi connectivity index (χ0v) is 11.8. The Hall–Kier alpha value is -1.50. The Morgan fingerprint density at radius 1 is 0.579 bits per heavy atom. The summed E-state index contributed by atoms with van der Waals surface area (Å²) < 4.78 is 0. The van der Waals surface area contributed by atoms with Crippen LogP contribution in [0.1, 0.15) is 0 Å². The first-order valence-electron chi connectivity index (χ1n) is 3.15. The molecule has 0 bridgehead atoms. The van der Waals surface area contributed by atoms with Crippen molar-refractivity contribution in [1.29, 1.82) is 21.6 Å². The quantitative estimate of drug-likeness (QED) is 0.112. The summed E-state index contributed by atoms with van der Waals surface area (Å²) >= 11 is 0. The van der Waals surface area contributed by atoms with Gasteiger partial charge in [0.2, 0.25) is 0 Å². The number of hydrogen-bond acceptors (Lipinski definition) is 4. The van der Waals surface area contributed by atoms with Crippen LogP contribution in [0, 0.1) is 21.6 Å². The van der Waals surface area contributed by atoms with Crippen LogP contribution < -0.4 is 58.4 Å². The number of rotatable bonds is 0. The molecule has 0 atom stereocenters. The van der Waals surface area contributed by atoms with E-state index >= 15 is 0 Å². The van der Waals surface area contributed by atoms with E-state index in [4.69, 9.17) is 44.6 Å². The summed E-state index contributed by atoms with van der Waals surface area (Å²) in [4.78, 5) is 0. The van der Waals surface area contributed by atoms with Gasteiger partial charge in [-0.1, -0.05) is 0 Å². The molecular formula is C4H18Cl2CuN10O2. The largest absolute Gasteiger partial charge is 2.00 e. The summed E-state index contributed by atoms with van der Waals surface area (Å²) in [6.07, 6.45) is 0. The van der Waals surface area contributed by atoms with Crippen LogP contribution in [0.4, 0.5) is 0 Å². The van der Waals surface area contributed by atoms with Crippen LogP contribution in [-0.4, -0.2) is 34.8 Å². The maximum absolute atomic E-state index is 6.47. The van der Waals surface area contributed by atoms with E-state index in [0.717, 1.165) is 0 Å². The van der Waals surface area contributed by atoms with Crippen LogP contribution in [0.15, 0.2) is 0 Å². The van der Waals surface area contributed by atoms with Crippen molar-refractivity contribution in [2.24, 2.45) is 22.9 Å². The molecule has 0 aliphatic carbocycles. The van der Waals surface area contributed by atoms with E-state index in [2.05, 4.69) is 0 Å². The molecule has 0 heterocycles. The molecule has 1 radical (unpaired) electrons. The van der Waals surface area contributed by atoms with Gasteiger partial charge in [-0.25, -0.2) is 0 Å². The predicted octanol–water partition coefficient (Wildman–Crippen LogP) is -10.9. The average Bonchev–Trinajstić information content (AvgIpc) is 1.79. The van der Waals surface area contributed by atoms with Gasteiger partial charge in [0.05, 0.1) is 0 Å². The predicted molar refractivity (Wildman–Crippen MR) is 61.2 cm³/mol. The van der Waals surface area contributed by atoms with Gasteiger partial charge in [-0.3, -0.25) is 32.3 Å². The molecule has 0 spiro atoms. The first-order chi connectivity index (χ1) is 6.25. The summed E-state index contributed by atoms with van der Waals surface area (Å²) in [5, 5.41) is 29.9. The molecule has 19 heavy (non-hydrogen) atoms. The molecule has 0 saturated carbocycles. The summed E-state index contributed by atoms with van der Waals surface area (Å²) in [6, 6.07) is 0. The fourth-order valence-electron chi connectivity index (χ4n) is 0.290. The van der Waals surface area contributed by atoms with E-state index in [-0.39, 0.29) is 76.7 Å². The third-order valence-corrected chi connectivity index (χ3v) is 0.539. The maximum atomic E-state index is 6.47. The second kappa shape index (κ2) is 25.4. The van der Waals surface area contributed by atoms with E-state index in [9.17, 15) is 0 Å². The molecule has 18 N–H and O–H groups in total. The Balaban J connectivity index is -0.0000000240. The third kappa shape index (κ3) is 82.1. The molecule has 12 nitrogen and oxygen atoms in total. The van der Waals surface area contributed by atoms with Gasteiger partial charge < -0.3 is 58.7 Å². The molecule has 0 unspecified atom stereocenters. The van der Waals surface area contributed by atoms with Crippen LogP contribution in [0.2, 0.25) is 0 Å². The topological polar surface area (TPSA) is 287 Å². The van der Waals surface area contributed by atoms with Gasteiger partial charge >= 0.3 is 17.1 Å². The van der Waals surface area contributed by atoms with E-state index in [1.54, 1.807) is 0 Å². The number of nitrogens with two attached hydrogens (primary N) is 4. The molecule has 15 heteroatoms. The number of nitrogens with one attached hydrogen (secondary N) is 6. The van der Waals surface area contributed by atoms with Crippen molar-refractivity contribution >= 4 is 23.8 Å². The van der Waals surface area contributed by atoms with Crippen LogP contribution in [-0.2, 0) is 17.1 Å². The van der Waals surface area contributed by atoms with Crippen LogP contribution in [0.25, 0.3) is 0 Å². The summed E-state index contributed by atoms with van der Waals surface area (Å²) in [5.41, 5.74) is 19.0. The van der Waals surface area contributed by atoms with Gasteiger partial charge in [0, 0.05) is 0 Å². The van der Waals surface area contributed by atoms with E-state index < -0.39 is 0 Å². The molecule has 0 aromatic heterocycles. The molecule has 0 saturated heterocycles. The summed E-state index contributed by atoms with van der Waals surface area (Å²) in [6.45, 7) is 0. The standard InChI is InChI=1S/2C2H7N5.2ClH.Cu.2H2O/c2*3-1(4)7-2(5)6;;;;;/h2*(H7,3,4,5,6,7);2*1H;;2*1H2/q;;;;+2;;/p-2. The SMILES string of the molecule is N=C(N)NC(=N)N.N=C(N)NC(=N)N.O.O.[Cl-].[Cl-].[Cu+2]. The minimum absolute atomic E-state index is 0. The third-order valence-electron chi connectivity index (χ3n) is 0.539. The maximum Gasteiger partial charge on any atom is 2.00 e. The smallest absolute Gasteiger partial charge is 1.00 e. The van der Waals surface area contributed by atoms with E-state index in [0.29, 0.717) is 0 Å². The van der Waals surface area contributed by atoms with Gasteiger partial charge in [-0.15, -0.1) is 0 Å². The van der Waals surface area contributed by atoms with Gasteiger partial charge in [0.1, 0.15) is 0 Å². The van der Waals surface area contributed by atoms with Crippen molar-refractivity contribution in [2.45, 2.75) is 0 Å². The Morgan fingerprint density at radius 2 is 0.684 bits per heavy atom. The van der Waals surface area contributed by atoms with Gasteiger partial charge in [-0.05, 0) is 0 Å². The zero-order valence-electron chi connectivity index (χ0n) is 9.37. The van der Waals surface area contributed by atoms with Crippen molar-refractivity contribution < 1.29 is 52.8 Å². The summed E-state index contributed by atoms with van der Waals surface area (Å²) in [5.74, 6) is -1.25. The van der Waals surface area contributed by atoms with E-state index in [1.165, 1.54) is 0 Å². The fourth-order valence-corrected chi connectivity index (χ4v) is 0.290. The molecule has 0 aliphatic heterocycles. The molecule has 121 valence electrons. The van der Waals surface area contributed by atoms with Gasteiger partial charge in [-0.2, -0.15) is 0 Å². The monoisotopic (exact) mass is 371 g/mol. The summed E-state index contributed by atoms with van der Waals surface area (Å²) in [7, 11) is 0. The van der Waals surface area contributed by atoms with Crippen molar-refractivity contribution in [3.05, 3.63) is 0 Å². The molecule has 0 rings (SSSR count). The molecule has 0 amide bonds. The second-order valence-electron chi connectivity index (χ2n) is 1.90. The van der Waals surface area contributed by atoms with Gasteiger partial charge in [0.25, 0.3) is 0 Å². The Morgan fingerprint density at radius 3 is 0.684 bits per heavy atom. The molecule has 0 aromatic rings. The Labute approximate surface area is 132 Å². The minimum Gasteiger partial charge on any atom is -1.00 e. The fraction of sp³-hybridized carbons (Fsp3) is 0. The van der Waals surface area contributed by atoms with Gasteiger partial charge in [0.15, 0.2) is 23.8 Å². The molecule has 0 fully saturated rings. The first-order valence-corrected chi connectivity index (χ1v) is 3.15. The van der Waals surface area contributed by atoms with Crippen LogP contribution in [0.3, 0.4) is 0 Å². The number of hydrogen-bond donors (Lipinski definition) is 10. The van der Waals surface area contributed by atoms with Crippen molar-refractivity contribution in [2.75, 3.05) is 0 Å². The molecular weight excluding hydrogens is 355 g/mol. The Bertz CT molecular complexity index is 214. The average molecular weight is 373 g/mol. The first kappa shape index (κ1) is 43.2. The molecule has 0 aliphatic rings. The second-order valence-corrected chi connectivity index (χ2v) is 1.90. The minimum atomic E-state index is -0.312. The molecule has 0 aromatic carbocycles. The van der Waals surface area contributed by atoms with Crippen molar-refractivity contribution in [1.82, 2.24) is 10.6 Å². The zero-order chi connectivity index (χ0) is 11.7. The Kier molecular flexibility index (Phi) is 57.7. The van der Waals surface area contributed by atoms with Crippen molar-refractivity contribution in [3.8, 4) is 0 Å². The van der Waals surface area contributed by atoms with Crippen LogP contribution in [0.5, 0.6) is 0 Å². The number of guanidine groups is 4. The normalized spacial score (nSPS) is 5.47. The van der Waals surface area contributed by atoms with Crippen molar-refractivity contribution in [3.63, 3.8) is 0 Å².